The zero-order chi connectivity index (χ0) is 17.8. The first-order valence-electron chi connectivity index (χ1n) is 9.67. The van der Waals surface area contributed by atoms with Crippen molar-refractivity contribution in [1.29, 1.82) is 0 Å². The van der Waals surface area contributed by atoms with Crippen LogP contribution in [-0.2, 0) is 4.79 Å². The third-order valence-electron chi connectivity index (χ3n) is 6.17. The third-order valence-corrected chi connectivity index (χ3v) is 6.17. The lowest BCUT2D eigenvalue weighted by Gasteiger charge is -2.18. The Morgan fingerprint density at radius 3 is 2.64 bits per heavy atom. The minimum atomic E-state index is -0.687. The van der Waals surface area contributed by atoms with Crippen LogP contribution >= 0.6 is 0 Å². The van der Waals surface area contributed by atoms with Gasteiger partial charge in [0.1, 0.15) is 0 Å². The van der Waals surface area contributed by atoms with Crippen molar-refractivity contribution in [3.05, 3.63) is 41.5 Å². The van der Waals surface area contributed by atoms with E-state index in [0.717, 1.165) is 25.7 Å². The summed E-state index contributed by atoms with van der Waals surface area (Å²) in [5.74, 6) is 1.54. The van der Waals surface area contributed by atoms with E-state index in [0.29, 0.717) is 24.2 Å². The van der Waals surface area contributed by atoms with Crippen LogP contribution in [0.3, 0.4) is 0 Å². The molecule has 0 radical (unpaired) electrons. The highest BCUT2D eigenvalue weighted by Crippen LogP contribution is 2.51. The van der Waals surface area contributed by atoms with Crippen molar-refractivity contribution in [3.63, 3.8) is 0 Å². The second-order valence-electron chi connectivity index (χ2n) is 8.05. The van der Waals surface area contributed by atoms with E-state index in [4.69, 9.17) is 5.11 Å². The number of carbonyl (C=O) groups is 1. The summed E-state index contributed by atoms with van der Waals surface area (Å²) in [7, 11) is 0. The molecule has 5 atom stereocenters. The Hall–Kier alpha value is -1.61. The first kappa shape index (κ1) is 18.2. The minimum Gasteiger partial charge on any atom is -0.481 e. The van der Waals surface area contributed by atoms with E-state index in [1.807, 2.05) is 0 Å². The molecule has 3 rings (SSSR count). The fourth-order valence-electron chi connectivity index (χ4n) is 4.89. The Morgan fingerprint density at radius 1 is 1.16 bits per heavy atom. The van der Waals surface area contributed by atoms with E-state index in [1.54, 1.807) is 0 Å². The van der Waals surface area contributed by atoms with Gasteiger partial charge in [-0.05, 0) is 55.9 Å². The van der Waals surface area contributed by atoms with Crippen LogP contribution < -0.4 is 0 Å². The van der Waals surface area contributed by atoms with Gasteiger partial charge in [-0.1, -0.05) is 54.8 Å². The lowest BCUT2D eigenvalue weighted by atomic mass is 9.89. The van der Waals surface area contributed by atoms with Gasteiger partial charge in [0.15, 0.2) is 0 Å². The molecule has 0 aromatic heterocycles. The van der Waals surface area contributed by atoms with Gasteiger partial charge in [0.2, 0.25) is 0 Å². The number of benzene rings is 1. The van der Waals surface area contributed by atoms with E-state index >= 15 is 0 Å². The molecule has 1 aromatic rings. The highest BCUT2D eigenvalue weighted by atomic mass is 16.4. The van der Waals surface area contributed by atoms with Crippen molar-refractivity contribution >= 4 is 12.0 Å². The second kappa shape index (κ2) is 8.18. The van der Waals surface area contributed by atoms with Crippen LogP contribution in [0.2, 0.25) is 0 Å². The van der Waals surface area contributed by atoms with Crippen molar-refractivity contribution in [2.75, 3.05) is 0 Å². The Bertz CT molecular complexity index is 604. The van der Waals surface area contributed by atoms with Crippen LogP contribution in [0, 0.1) is 30.6 Å². The van der Waals surface area contributed by atoms with Crippen LogP contribution in [0.1, 0.15) is 56.1 Å². The summed E-state index contributed by atoms with van der Waals surface area (Å²) in [5, 5.41) is 19.2. The van der Waals surface area contributed by atoms with Crippen LogP contribution in [0.4, 0.5) is 0 Å². The summed E-state index contributed by atoms with van der Waals surface area (Å²) in [6, 6.07) is 8.50. The van der Waals surface area contributed by atoms with Gasteiger partial charge in [-0.3, -0.25) is 4.79 Å². The summed E-state index contributed by atoms with van der Waals surface area (Å²) < 4.78 is 0. The number of aliphatic hydroxyl groups is 1. The molecule has 3 heteroatoms. The summed E-state index contributed by atoms with van der Waals surface area (Å²) in [5.41, 5.74) is 2.46. The lowest BCUT2D eigenvalue weighted by Crippen LogP contribution is -2.17. The Kier molecular flexibility index (Phi) is 5.95. The van der Waals surface area contributed by atoms with E-state index in [1.165, 1.54) is 24.0 Å². The predicted molar refractivity (Wildman–Crippen MR) is 100 cm³/mol. The second-order valence-corrected chi connectivity index (χ2v) is 8.05. The number of hydrogen-bond donors (Lipinski definition) is 2. The average Bonchev–Trinajstić information content (AvgIpc) is 3.08. The van der Waals surface area contributed by atoms with Gasteiger partial charge in [0.25, 0.3) is 0 Å². The Labute approximate surface area is 150 Å². The summed E-state index contributed by atoms with van der Waals surface area (Å²) in [6.45, 7) is 2.09. The number of fused-ring (bicyclic) bond motifs is 1. The van der Waals surface area contributed by atoms with Gasteiger partial charge in [-0.2, -0.15) is 0 Å². The molecule has 25 heavy (non-hydrogen) atoms. The molecule has 0 bridgehead atoms. The number of rotatable bonds is 7. The molecule has 0 spiro atoms. The topological polar surface area (TPSA) is 57.5 Å². The van der Waals surface area contributed by atoms with E-state index in [-0.39, 0.29) is 12.0 Å². The molecule has 1 unspecified atom stereocenters. The minimum absolute atomic E-state index is 0.204. The van der Waals surface area contributed by atoms with Gasteiger partial charge < -0.3 is 10.2 Å². The number of aliphatic hydroxyl groups excluding tert-OH is 1. The highest BCUT2D eigenvalue weighted by Gasteiger charge is 2.46. The third kappa shape index (κ3) is 4.72. The zero-order valence-corrected chi connectivity index (χ0v) is 15.1. The van der Waals surface area contributed by atoms with Crippen molar-refractivity contribution in [1.82, 2.24) is 0 Å². The number of hydrogen-bond acceptors (Lipinski definition) is 2. The molecular weight excluding hydrogens is 312 g/mol. The van der Waals surface area contributed by atoms with E-state index < -0.39 is 5.97 Å². The fraction of sp³-hybridized carbons (Fsp3) is 0.591. The molecule has 2 saturated carbocycles. The molecular formula is C22H30O3. The number of aryl methyl sites for hydroxylation is 1. The Morgan fingerprint density at radius 2 is 1.92 bits per heavy atom. The van der Waals surface area contributed by atoms with Gasteiger partial charge in [0, 0.05) is 12.3 Å². The van der Waals surface area contributed by atoms with Gasteiger partial charge in [0.05, 0.1) is 6.10 Å². The molecule has 2 N–H and O–H groups in total. The molecule has 3 nitrogen and oxygen atoms in total. The molecule has 2 fully saturated rings. The average molecular weight is 342 g/mol. The molecule has 0 aliphatic heterocycles. The quantitative estimate of drug-likeness (QED) is 0.708. The number of unbranched alkanes of at least 4 members (excludes halogenated alkanes) is 1. The molecule has 136 valence electrons. The van der Waals surface area contributed by atoms with Crippen LogP contribution in [0.15, 0.2) is 30.3 Å². The smallest absolute Gasteiger partial charge is 0.303 e. The first-order valence-corrected chi connectivity index (χ1v) is 9.67. The fourth-order valence-corrected chi connectivity index (χ4v) is 4.89. The zero-order valence-electron chi connectivity index (χ0n) is 15.1. The summed E-state index contributed by atoms with van der Waals surface area (Å²) in [4.78, 5) is 10.6. The summed E-state index contributed by atoms with van der Waals surface area (Å²) in [6.07, 6.45) is 10.8. The van der Waals surface area contributed by atoms with E-state index in [9.17, 15) is 9.90 Å². The van der Waals surface area contributed by atoms with Crippen LogP contribution in [0.5, 0.6) is 0 Å². The predicted octanol–water partition coefficient (Wildman–Crippen LogP) is 4.68. The molecule has 1 aromatic carbocycles. The number of carboxylic acids is 1. The highest BCUT2D eigenvalue weighted by molar-refractivity contribution is 5.66. The molecule has 2 aliphatic rings. The normalized spacial score (nSPS) is 31.5. The maximum Gasteiger partial charge on any atom is 0.303 e. The van der Waals surface area contributed by atoms with Crippen LogP contribution in [-0.4, -0.2) is 22.3 Å². The van der Waals surface area contributed by atoms with Gasteiger partial charge in [-0.25, -0.2) is 0 Å². The largest absolute Gasteiger partial charge is 0.481 e. The Balaban J connectivity index is 1.53. The van der Waals surface area contributed by atoms with Crippen molar-refractivity contribution in [3.8, 4) is 0 Å². The van der Waals surface area contributed by atoms with Crippen LogP contribution in [0.25, 0.3) is 6.08 Å². The number of aliphatic carboxylic acids is 1. The molecule has 0 heterocycles. The molecule has 2 aliphatic carbocycles. The van der Waals surface area contributed by atoms with Crippen molar-refractivity contribution < 1.29 is 15.0 Å². The maximum absolute atomic E-state index is 10.6. The van der Waals surface area contributed by atoms with Gasteiger partial charge in [-0.15, -0.1) is 0 Å². The number of carboxylic acid groups (broad SMARTS) is 1. The van der Waals surface area contributed by atoms with E-state index in [2.05, 4.69) is 43.3 Å². The van der Waals surface area contributed by atoms with Crippen molar-refractivity contribution in [2.24, 2.45) is 23.7 Å². The maximum atomic E-state index is 10.6. The SMILES string of the molecule is Cc1ccc(/C=C/[C@@H]2[C@H]3CC(CCCCC(=O)O)C[C@H]3C[C@H]2O)cc1. The van der Waals surface area contributed by atoms with Crippen molar-refractivity contribution in [2.45, 2.75) is 58.0 Å². The molecule has 0 saturated heterocycles. The first-order chi connectivity index (χ1) is 12.0. The molecule has 0 amide bonds. The summed E-state index contributed by atoms with van der Waals surface area (Å²) >= 11 is 0. The standard InChI is InChI=1S/C22H30O3/c1-15-6-8-16(9-7-15)10-11-19-20-13-17(4-2-3-5-22(24)25)12-18(20)14-21(19)23/h6-11,17-21,23H,2-5,12-14H2,1H3,(H,24,25)/b11-10+/t17?,18-,19+,20-,21+/m0/s1. The lowest BCUT2D eigenvalue weighted by molar-refractivity contribution is -0.137. The van der Waals surface area contributed by atoms with Gasteiger partial charge >= 0.3 is 5.97 Å². The monoisotopic (exact) mass is 342 g/mol.